The Morgan fingerprint density at radius 3 is 1.73 bits per heavy atom. The molecule has 0 aliphatic heterocycles. The largest absolute Gasteiger partial charge is 0.508 e. The van der Waals surface area contributed by atoms with E-state index in [9.17, 15) is 14.7 Å². The highest BCUT2D eigenvalue weighted by Gasteiger charge is 2.23. The number of phenolic OH excluding ortho intramolecular Hbond substituents is 1. The predicted molar refractivity (Wildman–Crippen MR) is 129 cm³/mol. The third kappa shape index (κ3) is 4.85. The van der Waals surface area contributed by atoms with Crippen LogP contribution in [0.1, 0.15) is 45.7 Å². The van der Waals surface area contributed by atoms with Crippen LogP contribution in [0.2, 0.25) is 0 Å². The lowest BCUT2D eigenvalue weighted by molar-refractivity contribution is 0.0734. The number of phenols is 1. The second-order valence-electron chi connectivity index (χ2n) is 8.40. The first-order valence-electron chi connectivity index (χ1n) is 10.6. The van der Waals surface area contributed by atoms with E-state index >= 15 is 0 Å². The van der Waals surface area contributed by atoms with Crippen molar-refractivity contribution in [3.63, 3.8) is 0 Å². The van der Waals surface area contributed by atoms with Crippen molar-refractivity contribution in [3.8, 4) is 22.6 Å². The van der Waals surface area contributed by atoms with Gasteiger partial charge in [0.1, 0.15) is 17.8 Å². The first-order valence-corrected chi connectivity index (χ1v) is 10.6. The standard InChI is InChI=1S/C29H24O4/c1-29(2,24-11-15-26(31)16-12-24)25-13-17-27(18-14-25)33-28(32)23-9-7-22(8-10-23)21-5-3-20(19-30)4-6-21/h3-19,31H,1-2H3. The number of rotatable bonds is 6. The molecule has 0 atom stereocenters. The molecule has 0 radical (unpaired) electrons. The third-order valence-corrected chi connectivity index (χ3v) is 5.88. The molecule has 4 aromatic rings. The van der Waals surface area contributed by atoms with Crippen molar-refractivity contribution in [2.24, 2.45) is 0 Å². The van der Waals surface area contributed by atoms with Crippen molar-refractivity contribution < 1.29 is 19.4 Å². The molecular weight excluding hydrogens is 412 g/mol. The van der Waals surface area contributed by atoms with Gasteiger partial charge in [-0.2, -0.15) is 0 Å². The molecule has 4 heteroatoms. The van der Waals surface area contributed by atoms with Crippen molar-refractivity contribution in [3.05, 3.63) is 119 Å². The number of esters is 1. The zero-order chi connectivity index (χ0) is 23.4. The van der Waals surface area contributed by atoms with E-state index in [2.05, 4.69) is 13.8 Å². The van der Waals surface area contributed by atoms with Crippen molar-refractivity contribution in [1.82, 2.24) is 0 Å². The van der Waals surface area contributed by atoms with E-state index in [1.165, 1.54) is 0 Å². The second-order valence-corrected chi connectivity index (χ2v) is 8.40. The van der Waals surface area contributed by atoms with E-state index < -0.39 is 5.97 Å². The van der Waals surface area contributed by atoms with E-state index in [-0.39, 0.29) is 11.2 Å². The topological polar surface area (TPSA) is 63.6 Å². The molecule has 0 bridgehead atoms. The molecule has 0 aliphatic rings. The van der Waals surface area contributed by atoms with E-state index in [0.29, 0.717) is 16.9 Å². The Labute approximate surface area is 193 Å². The minimum Gasteiger partial charge on any atom is -0.508 e. The fourth-order valence-electron chi connectivity index (χ4n) is 3.70. The molecular formula is C29H24O4. The first-order chi connectivity index (χ1) is 15.9. The Balaban J connectivity index is 1.45. The van der Waals surface area contributed by atoms with Crippen molar-refractivity contribution in [2.75, 3.05) is 0 Å². The average molecular weight is 437 g/mol. The summed E-state index contributed by atoms with van der Waals surface area (Å²) >= 11 is 0. The number of hydrogen-bond donors (Lipinski definition) is 1. The van der Waals surface area contributed by atoms with Gasteiger partial charge in [-0.05, 0) is 58.7 Å². The zero-order valence-electron chi connectivity index (χ0n) is 18.5. The monoisotopic (exact) mass is 436 g/mol. The van der Waals surface area contributed by atoms with Gasteiger partial charge < -0.3 is 9.84 Å². The molecule has 0 unspecified atom stereocenters. The number of ether oxygens (including phenoxy) is 1. The fourth-order valence-corrected chi connectivity index (χ4v) is 3.70. The van der Waals surface area contributed by atoms with Crippen LogP contribution in [-0.2, 0) is 5.41 Å². The van der Waals surface area contributed by atoms with Gasteiger partial charge in [0.25, 0.3) is 0 Å². The molecule has 4 aromatic carbocycles. The number of aldehydes is 1. The summed E-state index contributed by atoms with van der Waals surface area (Å²) in [5.74, 6) is 0.280. The van der Waals surface area contributed by atoms with Crippen LogP contribution < -0.4 is 4.74 Å². The molecule has 0 saturated carbocycles. The molecule has 1 N–H and O–H groups in total. The lowest BCUT2D eigenvalue weighted by Gasteiger charge is -2.26. The van der Waals surface area contributed by atoms with Gasteiger partial charge in [-0.1, -0.05) is 74.5 Å². The van der Waals surface area contributed by atoms with Crippen molar-refractivity contribution in [2.45, 2.75) is 19.3 Å². The summed E-state index contributed by atoms with van der Waals surface area (Å²) in [5, 5.41) is 9.54. The highest BCUT2D eigenvalue weighted by molar-refractivity contribution is 5.91. The summed E-state index contributed by atoms with van der Waals surface area (Å²) in [6, 6.07) is 29.1. The summed E-state index contributed by atoms with van der Waals surface area (Å²) in [5.41, 5.74) is 4.87. The normalized spacial score (nSPS) is 11.1. The average Bonchev–Trinajstić information content (AvgIpc) is 2.85. The maximum absolute atomic E-state index is 12.6. The Morgan fingerprint density at radius 1 is 0.727 bits per heavy atom. The fraction of sp³-hybridized carbons (Fsp3) is 0.103. The molecule has 33 heavy (non-hydrogen) atoms. The van der Waals surface area contributed by atoms with Crippen molar-refractivity contribution in [1.29, 1.82) is 0 Å². The molecule has 164 valence electrons. The van der Waals surface area contributed by atoms with Gasteiger partial charge in [0.05, 0.1) is 5.56 Å². The Kier molecular flexibility index (Phi) is 6.09. The van der Waals surface area contributed by atoms with Crippen LogP contribution in [0.15, 0.2) is 97.1 Å². The van der Waals surface area contributed by atoms with E-state index in [0.717, 1.165) is 28.5 Å². The summed E-state index contributed by atoms with van der Waals surface area (Å²) in [6.07, 6.45) is 0.809. The lowest BCUT2D eigenvalue weighted by atomic mass is 9.78. The highest BCUT2D eigenvalue weighted by Crippen LogP contribution is 2.33. The summed E-state index contributed by atoms with van der Waals surface area (Å²) in [7, 11) is 0. The Hall–Kier alpha value is -4.18. The minimum atomic E-state index is -0.427. The molecule has 0 heterocycles. The molecule has 0 aromatic heterocycles. The maximum atomic E-state index is 12.6. The number of carbonyl (C=O) groups excluding carboxylic acids is 2. The molecule has 0 fully saturated rings. The zero-order valence-corrected chi connectivity index (χ0v) is 18.5. The van der Waals surface area contributed by atoms with Crippen LogP contribution in [0, 0.1) is 0 Å². The van der Waals surface area contributed by atoms with E-state index in [1.54, 1.807) is 48.5 Å². The number of carbonyl (C=O) groups is 2. The third-order valence-electron chi connectivity index (χ3n) is 5.88. The quantitative estimate of drug-likeness (QED) is 0.215. The molecule has 0 saturated heterocycles. The summed E-state index contributed by atoms with van der Waals surface area (Å²) in [6.45, 7) is 4.21. The number of aromatic hydroxyl groups is 1. The van der Waals surface area contributed by atoms with Crippen LogP contribution in [0.4, 0.5) is 0 Å². The van der Waals surface area contributed by atoms with Gasteiger partial charge in [0.2, 0.25) is 0 Å². The van der Waals surface area contributed by atoms with E-state index in [4.69, 9.17) is 4.74 Å². The maximum Gasteiger partial charge on any atom is 0.343 e. The predicted octanol–water partition coefficient (Wildman–Crippen LogP) is 6.42. The molecule has 0 amide bonds. The molecule has 4 nitrogen and oxygen atoms in total. The molecule has 4 rings (SSSR count). The smallest absolute Gasteiger partial charge is 0.343 e. The van der Waals surface area contributed by atoms with Crippen LogP contribution in [0.25, 0.3) is 11.1 Å². The first kappa shape index (κ1) is 22.0. The minimum absolute atomic E-state index is 0.237. The van der Waals surface area contributed by atoms with Gasteiger partial charge in [-0.15, -0.1) is 0 Å². The van der Waals surface area contributed by atoms with Crippen LogP contribution in [0.3, 0.4) is 0 Å². The lowest BCUT2D eigenvalue weighted by Crippen LogP contribution is -2.18. The Bertz CT molecular complexity index is 1250. The van der Waals surface area contributed by atoms with E-state index in [1.807, 2.05) is 48.5 Å². The van der Waals surface area contributed by atoms with Crippen LogP contribution in [-0.4, -0.2) is 17.4 Å². The van der Waals surface area contributed by atoms with Crippen molar-refractivity contribution >= 4 is 12.3 Å². The van der Waals surface area contributed by atoms with Crippen LogP contribution in [0.5, 0.6) is 11.5 Å². The summed E-state index contributed by atoms with van der Waals surface area (Å²) < 4.78 is 5.55. The Morgan fingerprint density at radius 2 is 1.21 bits per heavy atom. The van der Waals surface area contributed by atoms with Gasteiger partial charge in [0.15, 0.2) is 0 Å². The molecule has 0 spiro atoms. The SMILES string of the molecule is CC(C)(c1ccc(O)cc1)c1ccc(OC(=O)c2ccc(-c3ccc(C=O)cc3)cc2)cc1. The number of benzene rings is 4. The number of hydrogen-bond acceptors (Lipinski definition) is 4. The highest BCUT2D eigenvalue weighted by atomic mass is 16.5. The van der Waals surface area contributed by atoms with Gasteiger partial charge in [-0.3, -0.25) is 4.79 Å². The van der Waals surface area contributed by atoms with Crippen LogP contribution >= 0.6 is 0 Å². The van der Waals surface area contributed by atoms with Gasteiger partial charge in [0, 0.05) is 11.0 Å². The van der Waals surface area contributed by atoms with Gasteiger partial charge >= 0.3 is 5.97 Å². The van der Waals surface area contributed by atoms with Gasteiger partial charge in [-0.25, -0.2) is 4.79 Å². The molecule has 0 aliphatic carbocycles. The summed E-state index contributed by atoms with van der Waals surface area (Å²) in [4.78, 5) is 23.4. The second kappa shape index (κ2) is 9.13.